The fourth-order valence-corrected chi connectivity index (χ4v) is 3.27. The van der Waals surface area contributed by atoms with Crippen molar-refractivity contribution in [3.05, 3.63) is 0 Å². The molecule has 3 nitrogen and oxygen atoms in total. The van der Waals surface area contributed by atoms with Crippen LogP contribution in [0.5, 0.6) is 0 Å². The molecule has 0 bridgehead atoms. The summed E-state index contributed by atoms with van der Waals surface area (Å²) in [5.41, 5.74) is 0. The van der Waals surface area contributed by atoms with Gasteiger partial charge in [-0.2, -0.15) is 11.8 Å². The maximum absolute atomic E-state index is 12.0. The highest BCUT2D eigenvalue weighted by Crippen LogP contribution is 2.25. The third-order valence-electron chi connectivity index (χ3n) is 2.93. The quantitative estimate of drug-likeness (QED) is 0.692. The Kier molecular flexibility index (Phi) is 3.70. The summed E-state index contributed by atoms with van der Waals surface area (Å²) in [6, 6.07) is 0. The fourth-order valence-electron chi connectivity index (χ4n) is 2.05. The van der Waals surface area contributed by atoms with E-state index in [-0.39, 0.29) is 0 Å². The molecule has 1 unspecified atom stereocenters. The molecule has 0 saturated carbocycles. The van der Waals surface area contributed by atoms with Gasteiger partial charge in [0.25, 0.3) is 0 Å². The number of hydrogen-bond acceptors (Lipinski definition) is 3. The average Bonchev–Trinajstić information content (AvgIpc) is 2.59. The first-order valence-electron chi connectivity index (χ1n) is 5.45. The van der Waals surface area contributed by atoms with Crippen molar-refractivity contribution in [1.29, 1.82) is 0 Å². The van der Waals surface area contributed by atoms with Crippen molar-refractivity contribution >= 4 is 17.7 Å². The lowest BCUT2D eigenvalue weighted by Gasteiger charge is -2.23. The molecule has 0 aromatic heterocycles. The van der Waals surface area contributed by atoms with Crippen molar-refractivity contribution in [3.8, 4) is 0 Å². The zero-order valence-electron chi connectivity index (χ0n) is 8.50. The lowest BCUT2D eigenvalue weighted by Crippen LogP contribution is -2.38. The minimum atomic E-state index is 0.318. The fraction of sp³-hybridized carbons (Fsp3) is 0.900. The van der Waals surface area contributed by atoms with Crippen LogP contribution in [0.3, 0.4) is 0 Å². The van der Waals surface area contributed by atoms with Crippen LogP contribution in [0.2, 0.25) is 0 Å². The number of hydrogen-bond donors (Lipinski definition) is 1. The molecule has 2 heterocycles. The zero-order chi connectivity index (χ0) is 9.80. The van der Waals surface area contributed by atoms with Gasteiger partial charge in [-0.15, -0.1) is 0 Å². The molecule has 2 aliphatic heterocycles. The Morgan fingerprint density at radius 1 is 1.36 bits per heavy atom. The summed E-state index contributed by atoms with van der Waals surface area (Å²) in [4.78, 5) is 14.1. The van der Waals surface area contributed by atoms with Crippen LogP contribution >= 0.6 is 11.8 Å². The van der Waals surface area contributed by atoms with Crippen LogP contribution in [-0.2, 0) is 4.79 Å². The van der Waals surface area contributed by atoms with Crippen LogP contribution < -0.4 is 5.32 Å². The summed E-state index contributed by atoms with van der Waals surface area (Å²) in [7, 11) is 0. The number of nitrogens with one attached hydrogen (secondary N) is 1. The van der Waals surface area contributed by atoms with Gasteiger partial charge in [0.1, 0.15) is 0 Å². The normalized spacial score (nSPS) is 28.9. The molecule has 0 radical (unpaired) electrons. The molecule has 2 aliphatic rings. The van der Waals surface area contributed by atoms with Gasteiger partial charge in [0, 0.05) is 31.3 Å². The van der Waals surface area contributed by atoms with E-state index in [4.69, 9.17) is 0 Å². The summed E-state index contributed by atoms with van der Waals surface area (Å²) in [6.45, 7) is 3.88. The van der Waals surface area contributed by atoms with Crippen molar-refractivity contribution in [2.75, 3.05) is 37.7 Å². The van der Waals surface area contributed by atoms with Crippen LogP contribution in [0.1, 0.15) is 12.8 Å². The molecule has 0 aromatic carbocycles. The third-order valence-corrected chi connectivity index (χ3v) is 4.09. The molecule has 14 heavy (non-hydrogen) atoms. The predicted octanol–water partition coefficient (Wildman–Crippen LogP) is 0.561. The smallest absolute Gasteiger partial charge is 0.226 e. The van der Waals surface area contributed by atoms with Gasteiger partial charge < -0.3 is 10.2 Å². The van der Waals surface area contributed by atoms with Gasteiger partial charge >= 0.3 is 0 Å². The molecule has 2 rings (SSSR count). The van der Waals surface area contributed by atoms with Crippen LogP contribution in [0.4, 0.5) is 0 Å². The first-order valence-corrected chi connectivity index (χ1v) is 6.60. The summed E-state index contributed by atoms with van der Waals surface area (Å²) in [6.07, 6.45) is 2.19. The van der Waals surface area contributed by atoms with Crippen molar-refractivity contribution in [1.82, 2.24) is 10.2 Å². The first kappa shape index (κ1) is 10.3. The van der Waals surface area contributed by atoms with Gasteiger partial charge in [-0.05, 0) is 25.1 Å². The summed E-state index contributed by atoms with van der Waals surface area (Å²) >= 11 is 1.92. The molecule has 2 fully saturated rings. The van der Waals surface area contributed by atoms with E-state index in [2.05, 4.69) is 10.2 Å². The van der Waals surface area contributed by atoms with E-state index in [0.717, 1.165) is 44.8 Å². The molecule has 0 aliphatic carbocycles. The van der Waals surface area contributed by atoms with Gasteiger partial charge in [-0.1, -0.05) is 0 Å². The molecule has 2 saturated heterocycles. The van der Waals surface area contributed by atoms with Crippen molar-refractivity contribution in [2.24, 2.45) is 5.92 Å². The Labute approximate surface area is 89.6 Å². The van der Waals surface area contributed by atoms with E-state index < -0.39 is 0 Å². The molecule has 80 valence electrons. The highest BCUT2D eigenvalue weighted by Gasteiger charge is 2.27. The zero-order valence-corrected chi connectivity index (χ0v) is 9.31. The van der Waals surface area contributed by atoms with E-state index in [1.807, 2.05) is 11.8 Å². The van der Waals surface area contributed by atoms with E-state index >= 15 is 0 Å². The second-order valence-electron chi connectivity index (χ2n) is 3.99. The second kappa shape index (κ2) is 5.03. The maximum atomic E-state index is 12.0. The Hall–Kier alpha value is -0.220. The first-order chi connectivity index (χ1) is 6.88. The molecule has 1 amide bonds. The monoisotopic (exact) mass is 214 g/mol. The molecular weight excluding hydrogens is 196 g/mol. The highest BCUT2D eigenvalue weighted by molar-refractivity contribution is 7.99. The van der Waals surface area contributed by atoms with E-state index in [0.29, 0.717) is 11.8 Å². The van der Waals surface area contributed by atoms with E-state index in [9.17, 15) is 4.79 Å². The number of amides is 1. The number of nitrogens with zero attached hydrogens (tertiary/aromatic N) is 1. The Balaban J connectivity index is 1.88. The molecule has 4 heteroatoms. The van der Waals surface area contributed by atoms with Gasteiger partial charge in [0.2, 0.25) is 5.91 Å². The Morgan fingerprint density at radius 3 is 3.07 bits per heavy atom. The lowest BCUT2D eigenvalue weighted by molar-refractivity contribution is -0.134. The molecule has 1 N–H and O–H groups in total. The summed E-state index contributed by atoms with van der Waals surface area (Å²) in [5.74, 6) is 2.93. The standard InChI is InChI=1S/C10H18N2OS/c13-10(9-2-7-14-8-9)12-5-1-3-11-4-6-12/h9,11H,1-8H2. The lowest BCUT2D eigenvalue weighted by atomic mass is 10.1. The number of carbonyl (C=O) groups excluding carboxylic acids is 1. The van der Waals surface area contributed by atoms with Gasteiger partial charge in [-0.3, -0.25) is 4.79 Å². The van der Waals surface area contributed by atoms with Crippen LogP contribution in [0, 0.1) is 5.92 Å². The number of carbonyl (C=O) groups is 1. The minimum absolute atomic E-state index is 0.318. The van der Waals surface area contributed by atoms with Crippen LogP contribution in [0.15, 0.2) is 0 Å². The predicted molar refractivity (Wildman–Crippen MR) is 59.5 cm³/mol. The van der Waals surface area contributed by atoms with Crippen molar-refractivity contribution < 1.29 is 4.79 Å². The maximum Gasteiger partial charge on any atom is 0.226 e. The summed E-state index contributed by atoms with van der Waals surface area (Å²) in [5, 5.41) is 3.32. The number of thioether (sulfide) groups is 1. The van der Waals surface area contributed by atoms with Crippen molar-refractivity contribution in [3.63, 3.8) is 0 Å². The topological polar surface area (TPSA) is 32.3 Å². The van der Waals surface area contributed by atoms with Gasteiger partial charge in [0.05, 0.1) is 0 Å². The second-order valence-corrected chi connectivity index (χ2v) is 5.14. The van der Waals surface area contributed by atoms with Crippen LogP contribution in [0.25, 0.3) is 0 Å². The Bertz CT molecular complexity index is 196. The third kappa shape index (κ3) is 2.42. The average molecular weight is 214 g/mol. The largest absolute Gasteiger partial charge is 0.341 e. The van der Waals surface area contributed by atoms with Crippen molar-refractivity contribution in [2.45, 2.75) is 12.8 Å². The molecular formula is C10H18N2OS. The minimum Gasteiger partial charge on any atom is -0.341 e. The van der Waals surface area contributed by atoms with E-state index in [1.165, 1.54) is 5.75 Å². The van der Waals surface area contributed by atoms with Gasteiger partial charge in [0.15, 0.2) is 0 Å². The van der Waals surface area contributed by atoms with Crippen LogP contribution in [-0.4, -0.2) is 48.5 Å². The van der Waals surface area contributed by atoms with E-state index in [1.54, 1.807) is 0 Å². The number of rotatable bonds is 1. The summed E-state index contributed by atoms with van der Waals surface area (Å²) < 4.78 is 0. The Morgan fingerprint density at radius 2 is 2.29 bits per heavy atom. The molecule has 1 atom stereocenters. The van der Waals surface area contributed by atoms with Gasteiger partial charge in [-0.25, -0.2) is 0 Å². The molecule has 0 spiro atoms. The highest BCUT2D eigenvalue weighted by atomic mass is 32.2. The molecule has 0 aromatic rings. The SMILES string of the molecule is O=C(C1CCSC1)N1CCCNCC1.